The molecule has 0 radical (unpaired) electrons. The fourth-order valence-electron chi connectivity index (χ4n) is 1.32. The topological polar surface area (TPSA) is 55.1 Å². The molecule has 1 rings (SSSR count). The van der Waals surface area contributed by atoms with Crippen LogP contribution in [0.1, 0.15) is 26.5 Å². The van der Waals surface area contributed by atoms with Crippen LogP contribution in [0.5, 0.6) is 0 Å². The van der Waals surface area contributed by atoms with Gasteiger partial charge in [-0.3, -0.25) is 9.48 Å². The molecule has 78 valence electrons. The van der Waals surface area contributed by atoms with Gasteiger partial charge in [-0.15, -0.1) is 0 Å². The number of aryl methyl sites for hydroxylation is 1. The Hall–Kier alpha value is -1.32. The van der Waals surface area contributed by atoms with E-state index in [1.807, 2.05) is 17.7 Å². The first kappa shape index (κ1) is 10.8. The second kappa shape index (κ2) is 3.82. The van der Waals surface area contributed by atoms with Gasteiger partial charge >= 0.3 is 5.97 Å². The molecule has 0 aliphatic carbocycles. The first-order valence-electron chi connectivity index (χ1n) is 4.71. The molecule has 14 heavy (non-hydrogen) atoms. The summed E-state index contributed by atoms with van der Waals surface area (Å²) in [6.07, 6.45) is 2.22. The zero-order valence-electron chi connectivity index (χ0n) is 8.82. The van der Waals surface area contributed by atoms with Gasteiger partial charge in [0.1, 0.15) is 0 Å². The minimum Gasteiger partial charge on any atom is -0.481 e. The Bertz CT molecular complexity index is 329. The molecule has 1 heterocycles. The Labute approximate surface area is 83.5 Å². The number of carbonyl (C=O) groups is 1. The number of hydrogen-bond donors (Lipinski definition) is 1. The van der Waals surface area contributed by atoms with Crippen LogP contribution in [-0.4, -0.2) is 20.9 Å². The predicted octanol–water partition coefficient (Wildman–Crippen LogP) is 1.56. The summed E-state index contributed by atoms with van der Waals surface area (Å²) in [6, 6.07) is 1.87. The van der Waals surface area contributed by atoms with Crippen molar-refractivity contribution in [1.82, 2.24) is 9.78 Å². The molecule has 0 aliphatic heterocycles. The van der Waals surface area contributed by atoms with Crippen molar-refractivity contribution >= 4 is 5.97 Å². The summed E-state index contributed by atoms with van der Waals surface area (Å²) in [4.78, 5) is 10.9. The van der Waals surface area contributed by atoms with Gasteiger partial charge in [0.15, 0.2) is 0 Å². The van der Waals surface area contributed by atoms with E-state index in [1.165, 1.54) is 0 Å². The van der Waals surface area contributed by atoms with E-state index in [4.69, 9.17) is 5.11 Å². The van der Waals surface area contributed by atoms with E-state index >= 15 is 0 Å². The van der Waals surface area contributed by atoms with Crippen LogP contribution in [0.3, 0.4) is 0 Å². The zero-order chi connectivity index (χ0) is 10.8. The van der Waals surface area contributed by atoms with Crippen molar-refractivity contribution in [3.05, 3.63) is 18.0 Å². The molecule has 0 unspecified atom stereocenters. The highest BCUT2D eigenvalue weighted by Gasteiger charge is 2.28. The number of nitrogens with zero attached hydrogens (tertiary/aromatic N) is 2. The van der Waals surface area contributed by atoms with E-state index in [2.05, 4.69) is 5.10 Å². The van der Waals surface area contributed by atoms with Crippen molar-refractivity contribution in [3.8, 4) is 0 Å². The van der Waals surface area contributed by atoms with Crippen molar-refractivity contribution in [2.45, 2.75) is 33.7 Å². The van der Waals surface area contributed by atoms with Crippen LogP contribution in [0.4, 0.5) is 0 Å². The van der Waals surface area contributed by atoms with E-state index in [0.717, 1.165) is 12.2 Å². The SMILES string of the molecule is CCn1nccc1CC(C)(C)C(=O)O. The summed E-state index contributed by atoms with van der Waals surface area (Å²) in [5.41, 5.74) is 0.243. The standard InChI is InChI=1S/C10H16N2O2/c1-4-12-8(5-6-11-12)7-10(2,3)9(13)14/h5-6H,4,7H2,1-3H3,(H,13,14). The van der Waals surface area contributed by atoms with Crippen molar-refractivity contribution in [2.24, 2.45) is 5.41 Å². The number of rotatable bonds is 4. The van der Waals surface area contributed by atoms with Gasteiger partial charge in [0.05, 0.1) is 5.41 Å². The molecule has 0 spiro atoms. The van der Waals surface area contributed by atoms with Crippen LogP contribution in [0.15, 0.2) is 12.3 Å². The molecule has 1 aromatic heterocycles. The van der Waals surface area contributed by atoms with Gasteiger partial charge in [-0.1, -0.05) is 0 Å². The third-order valence-electron chi connectivity index (χ3n) is 2.31. The largest absolute Gasteiger partial charge is 0.481 e. The summed E-state index contributed by atoms with van der Waals surface area (Å²) in [7, 11) is 0. The van der Waals surface area contributed by atoms with Crippen molar-refractivity contribution < 1.29 is 9.90 Å². The fourth-order valence-corrected chi connectivity index (χ4v) is 1.32. The summed E-state index contributed by atoms with van der Waals surface area (Å²) < 4.78 is 1.82. The highest BCUT2D eigenvalue weighted by molar-refractivity contribution is 5.73. The Morgan fingerprint density at radius 2 is 2.29 bits per heavy atom. The second-order valence-corrected chi connectivity index (χ2v) is 4.00. The summed E-state index contributed by atoms with van der Waals surface area (Å²) in [5.74, 6) is -0.777. The minimum absolute atomic E-state index is 0.510. The average Bonchev–Trinajstić information content (AvgIpc) is 2.50. The van der Waals surface area contributed by atoms with Crippen molar-refractivity contribution in [3.63, 3.8) is 0 Å². The van der Waals surface area contributed by atoms with Gasteiger partial charge in [-0.2, -0.15) is 5.10 Å². The summed E-state index contributed by atoms with van der Waals surface area (Å²) in [5, 5.41) is 13.1. The smallest absolute Gasteiger partial charge is 0.309 e. The highest BCUT2D eigenvalue weighted by atomic mass is 16.4. The Balaban J connectivity index is 2.83. The first-order chi connectivity index (χ1) is 6.47. The van der Waals surface area contributed by atoms with Gasteiger partial charge in [-0.25, -0.2) is 0 Å². The fraction of sp³-hybridized carbons (Fsp3) is 0.600. The van der Waals surface area contributed by atoms with Gasteiger partial charge in [0.2, 0.25) is 0 Å². The maximum atomic E-state index is 10.9. The van der Waals surface area contributed by atoms with Gasteiger partial charge in [0, 0.05) is 24.9 Å². The van der Waals surface area contributed by atoms with Crippen LogP contribution in [-0.2, 0) is 17.8 Å². The summed E-state index contributed by atoms with van der Waals surface area (Å²) in [6.45, 7) is 6.22. The highest BCUT2D eigenvalue weighted by Crippen LogP contribution is 2.21. The molecule has 0 fully saturated rings. The molecule has 1 N–H and O–H groups in total. The molecule has 0 saturated carbocycles. The number of carboxylic acid groups (broad SMARTS) is 1. The molecule has 4 nitrogen and oxygen atoms in total. The third kappa shape index (κ3) is 2.13. The van der Waals surface area contributed by atoms with Gasteiger partial charge in [-0.05, 0) is 26.8 Å². The van der Waals surface area contributed by atoms with E-state index in [-0.39, 0.29) is 0 Å². The second-order valence-electron chi connectivity index (χ2n) is 4.00. The maximum absolute atomic E-state index is 10.9. The molecule has 4 heteroatoms. The molecule has 1 aromatic rings. The molecule has 0 amide bonds. The predicted molar refractivity (Wildman–Crippen MR) is 53.0 cm³/mol. The van der Waals surface area contributed by atoms with Crippen LogP contribution in [0.25, 0.3) is 0 Å². The number of hydrogen-bond acceptors (Lipinski definition) is 2. The molecule has 0 atom stereocenters. The molecular formula is C10H16N2O2. The maximum Gasteiger partial charge on any atom is 0.309 e. The van der Waals surface area contributed by atoms with E-state index in [1.54, 1.807) is 20.0 Å². The van der Waals surface area contributed by atoms with Crippen LogP contribution >= 0.6 is 0 Å². The van der Waals surface area contributed by atoms with Crippen molar-refractivity contribution in [1.29, 1.82) is 0 Å². The molecule has 0 aliphatic rings. The molecular weight excluding hydrogens is 180 g/mol. The first-order valence-corrected chi connectivity index (χ1v) is 4.71. The lowest BCUT2D eigenvalue weighted by Gasteiger charge is -2.19. The Kier molecular flexibility index (Phi) is 2.93. The molecule has 0 saturated heterocycles. The normalized spacial score (nSPS) is 11.6. The lowest BCUT2D eigenvalue weighted by molar-refractivity contribution is -0.146. The van der Waals surface area contributed by atoms with E-state index in [9.17, 15) is 4.79 Å². The van der Waals surface area contributed by atoms with Gasteiger partial charge in [0.25, 0.3) is 0 Å². The third-order valence-corrected chi connectivity index (χ3v) is 2.31. The van der Waals surface area contributed by atoms with Crippen LogP contribution < -0.4 is 0 Å². The van der Waals surface area contributed by atoms with Crippen LogP contribution in [0, 0.1) is 5.41 Å². The number of carboxylic acids is 1. The summed E-state index contributed by atoms with van der Waals surface area (Å²) >= 11 is 0. The average molecular weight is 196 g/mol. The van der Waals surface area contributed by atoms with Crippen LogP contribution in [0.2, 0.25) is 0 Å². The van der Waals surface area contributed by atoms with E-state index in [0.29, 0.717) is 6.42 Å². The monoisotopic (exact) mass is 196 g/mol. The number of aromatic nitrogens is 2. The number of aliphatic carboxylic acids is 1. The van der Waals surface area contributed by atoms with E-state index < -0.39 is 11.4 Å². The minimum atomic E-state index is -0.777. The lowest BCUT2D eigenvalue weighted by Crippen LogP contribution is -2.27. The lowest BCUT2D eigenvalue weighted by atomic mass is 9.88. The zero-order valence-corrected chi connectivity index (χ0v) is 8.82. The quantitative estimate of drug-likeness (QED) is 0.795. The Morgan fingerprint density at radius 3 is 2.79 bits per heavy atom. The Morgan fingerprint density at radius 1 is 1.64 bits per heavy atom. The van der Waals surface area contributed by atoms with Gasteiger partial charge < -0.3 is 5.11 Å². The molecule has 0 bridgehead atoms. The molecule has 0 aromatic carbocycles. The van der Waals surface area contributed by atoms with Crippen molar-refractivity contribution in [2.75, 3.05) is 0 Å².